The van der Waals surface area contributed by atoms with Gasteiger partial charge in [0, 0.05) is 30.6 Å². The number of anilines is 1. The van der Waals surface area contributed by atoms with Crippen molar-refractivity contribution in [2.45, 2.75) is 31.9 Å². The number of rotatable bonds is 8. The van der Waals surface area contributed by atoms with Gasteiger partial charge in [0.05, 0.1) is 12.4 Å². The Labute approximate surface area is 202 Å². The molecule has 0 aliphatic carbocycles. The van der Waals surface area contributed by atoms with Gasteiger partial charge in [-0.3, -0.25) is 9.29 Å². The number of aliphatic imine (C=N–C) groups is 1. The van der Waals surface area contributed by atoms with Crippen LogP contribution in [-0.2, 0) is 10.0 Å². The van der Waals surface area contributed by atoms with E-state index < -0.39 is 21.2 Å². The molecule has 1 aliphatic heterocycles. The van der Waals surface area contributed by atoms with Gasteiger partial charge >= 0.3 is 0 Å². The quantitative estimate of drug-likeness (QED) is 0.456. The largest absolute Gasteiger partial charge is 0.506 e. The highest BCUT2D eigenvalue weighted by atomic mass is 32.2. The lowest BCUT2D eigenvalue weighted by Crippen LogP contribution is -2.31. The fraction of sp³-hybridized carbons (Fsp3) is 0.261. The monoisotopic (exact) mass is 493 g/mol. The third kappa shape index (κ3) is 4.71. The molecule has 180 valence electrons. The molecular weight excluding hydrogens is 470 g/mol. The van der Waals surface area contributed by atoms with Crippen molar-refractivity contribution in [3.8, 4) is 17.2 Å². The number of phenolic OH excluding ortho intramolecular Hbond substituents is 1. The predicted molar refractivity (Wildman–Crippen MR) is 130 cm³/mol. The van der Waals surface area contributed by atoms with Gasteiger partial charge in [-0.2, -0.15) is 0 Å². The van der Waals surface area contributed by atoms with Crippen molar-refractivity contribution in [2.24, 2.45) is 4.99 Å². The number of ether oxygens (including phenoxy) is 1. The Balaban J connectivity index is 1.80. The summed E-state index contributed by atoms with van der Waals surface area (Å²) >= 11 is 0. The number of hydrogen-bond donors (Lipinski definition) is 2. The number of methoxy groups -OCH3 is 1. The van der Waals surface area contributed by atoms with Crippen LogP contribution in [0.25, 0.3) is 11.4 Å². The number of aromatic hydroxyl groups is 1. The summed E-state index contributed by atoms with van der Waals surface area (Å²) in [6.07, 6.45) is 6.32. The minimum absolute atomic E-state index is 0.127. The Kier molecular flexibility index (Phi) is 6.52. The maximum Gasteiger partial charge on any atom is 0.243 e. The summed E-state index contributed by atoms with van der Waals surface area (Å²) in [5, 5.41) is 17.9. The highest BCUT2D eigenvalue weighted by molar-refractivity contribution is 7.93. The number of aryl methyl sites for hydroxylation is 1. The van der Waals surface area contributed by atoms with Gasteiger partial charge in [-0.1, -0.05) is 18.7 Å². The standard InChI is InChI=1S/C23H23N7O4S/c1-14-12-25-21(26-13-14)15(2)16(3)35(32,33)29-23-28-27-22(17-8-5-6-11-24-17)30(23)20-18(31)9-7-10-19(20)34-4/h6-7,9-13,15-16,31H,1-4H3,(H,28,29)/t15-,16-/m0/s1. The molecule has 1 aliphatic rings. The summed E-state index contributed by atoms with van der Waals surface area (Å²) in [7, 11) is -2.59. The molecule has 0 fully saturated rings. The van der Waals surface area contributed by atoms with Gasteiger partial charge in [-0.05, 0) is 37.3 Å². The lowest BCUT2D eigenvalue weighted by molar-refractivity contribution is 0.404. The fourth-order valence-electron chi connectivity index (χ4n) is 3.36. The summed E-state index contributed by atoms with van der Waals surface area (Å²) in [6, 6.07) is 4.65. The molecule has 11 nitrogen and oxygen atoms in total. The van der Waals surface area contributed by atoms with Gasteiger partial charge in [0.15, 0.2) is 11.5 Å². The molecule has 2 N–H and O–H groups in total. The highest BCUT2D eigenvalue weighted by Gasteiger charge is 2.32. The van der Waals surface area contributed by atoms with Crippen molar-refractivity contribution in [1.82, 2.24) is 24.7 Å². The second-order valence-corrected chi connectivity index (χ2v) is 9.87. The summed E-state index contributed by atoms with van der Waals surface area (Å²) in [4.78, 5) is 12.7. The van der Waals surface area contributed by atoms with Gasteiger partial charge in [0.1, 0.15) is 23.0 Å². The first kappa shape index (κ1) is 23.9. The molecule has 3 heterocycles. The van der Waals surface area contributed by atoms with E-state index >= 15 is 0 Å². The first-order chi connectivity index (χ1) is 16.7. The van der Waals surface area contributed by atoms with Gasteiger partial charge in [0.2, 0.25) is 16.0 Å². The van der Waals surface area contributed by atoms with Crippen LogP contribution in [0.3, 0.4) is 0 Å². The lowest BCUT2D eigenvalue weighted by Gasteiger charge is -2.21. The van der Waals surface area contributed by atoms with Crippen molar-refractivity contribution >= 4 is 27.9 Å². The van der Waals surface area contributed by atoms with E-state index in [1.54, 1.807) is 44.4 Å². The second-order valence-electron chi connectivity index (χ2n) is 7.83. The Morgan fingerprint density at radius 2 is 1.91 bits per heavy atom. The predicted octanol–water partition coefficient (Wildman–Crippen LogP) is 2.75. The van der Waals surface area contributed by atoms with Crippen LogP contribution in [0.4, 0.5) is 5.95 Å². The molecule has 0 spiro atoms. The molecule has 2 aromatic heterocycles. The summed E-state index contributed by atoms with van der Waals surface area (Å²) in [5.41, 5.74) is 6.84. The van der Waals surface area contributed by atoms with E-state index in [4.69, 9.17) is 4.74 Å². The topological polar surface area (TPSA) is 144 Å². The molecule has 0 amide bonds. The van der Waals surface area contributed by atoms with Crippen molar-refractivity contribution in [3.05, 3.63) is 65.3 Å². The van der Waals surface area contributed by atoms with Gasteiger partial charge < -0.3 is 9.84 Å². The van der Waals surface area contributed by atoms with Crippen LogP contribution >= 0.6 is 0 Å². The van der Waals surface area contributed by atoms with Crippen LogP contribution in [0.5, 0.6) is 11.5 Å². The van der Waals surface area contributed by atoms with Crippen LogP contribution in [-0.4, -0.2) is 56.8 Å². The number of allylic oxidation sites excluding steroid dienone is 1. The van der Waals surface area contributed by atoms with Crippen LogP contribution in [0.2, 0.25) is 0 Å². The number of benzene rings is 1. The average Bonchev–Trinajstić information content (AvgIpc) is 3.26. The van der Waals surface area contributed by atoms with E-state index in [2.05, 4.69) is 41.3 Å². The fourth-order valence-corrected chi connectivity index (χ4v) is 4.59. The van der Waals surface area contributed by atoms with Crippen molar-refractivity contribution in [3.63, 3.8) is 0 Å². The number of hydrogen-bond acceptors (Lipinski definition) is 9. The van der Waals surface area contributed by atoms with Gasteiger partial charge in [-0.25, -0.2) is 23.4 Å². The number of phenols is 1. The molecule has 12 heteroatoms. The molecule has 3 aromatic rings. The SMILES string of the molecule is COc1cccc(O)c1-n1c(NS(=O)(=O)[C@@H](C)[C@H](C)c2ncc(C)cn2)nnc1C1=C=C=CC=N1. The van der Waals surface area contributed by atoms with E-state index in [9.17, 15) is 13.5 Å². The number of para-hydroxylation sites is 1. The molecule has 35 heavy (non-hydrogen) atoms. The molecule has 2 atom stereocenters. The Morgan fingerprint density at radius 1 is 1.17 bits per heavy atom. The minimum Gasteiger partial charge on any atom is -0.506 e. The van der Waals surface area contributed by atoms with Crippen molar-refractivity contribution in [1.29, 1.82) is 0 Å². The van der Waals surface area contributed by atoms with Crippen LogP contribution in [0.15, 0.2) is 53.1 Å². The average molecular weight is 494 g/mol. The van der Waals surface area contributed by atoms with Crippen LogP contribution in [0, 0.1) is 6.92 Å². The van der Waals surface area contributed by atoms with E-state index in [1.807, 2.05) is 6.92 Å². The number of sulfonamides is 1. The molecule has 0 saturated carbocycles. The third-order valence-corrected chi connectivity index (χ3v) is 7.34. The van der Waals surface area contributed by atoms with Crippen molar-refractivity contribution < 1.29 is 18.3 Å². The normalized spacial score (nSPS) is 14.5. The number of aromatic nitrogens is 5. The summed E-state index contributed by atoms with van der Waals surface area (Å²) in [6.45, 7) is 5.14. The van der Waals surface area contributed by atoms with E-state index in [1.165, 1.54) is 24.0 Å². The smallest absolute Gasteiger partial charge is 0.243 e. The molecule has 1 aromatic carbocycles. The first-order valence-electron chi connectivity index (χ1n) is 10.6. The Bertz CT molecular complexity index is 1500. The second kappa shape index (κ2) is 9.55. The zero-order valence-corrected chi connectivity index (χ0v) is 20.3. The molecule has 0 unspecified atom stereocenters. The summed E-state index contributed by atoms with van der Waals surface area (Å²) < 4.78 is 36.0. The molecule has 0 radical (unpaired) electrons. The maximum absolute atomic E-state index is 13.4. The molecule has 0 bridgehead atoms. The minimum atomic E-state index is -4.02. The highest BCUT2D eigenvalue weighted by Crippen LogP contribution is 2.36. The summed E-state index contributed by atoms with van der Waals surface area (Å²) in [5.74, 6) is -0.0790. The first-order valence-corrected chi connectivity index (χ1v) is 12.1. The molecule has 4 rings (SSSR count). The van der Waals surface area contributed by atoms with Gasteiger partial charge in [-0.15, -0.1) is 10.2 Å². The Hall–Kier alpha value is -4.24. The number of nitrogens with one attached hydrogen (secondary N) is 1. The van der Waals surface area contributed by atoms with E-state index in [0.29, 0.717) is 5.82 Å². The Morgan fingerprint density at radius 3 is 2.57 bits per heavy atom. The lowest BCUT2D eigenvalue weighted by atomic mass is 10.1. The zero-order valence-electron chi connectivity index (χ0n) is 19.5. The van der Waals surface area contributed by atoms with E-state index in [-0.39, 0.29) is 34.7 Å². The van der Waals surface area contributed by atoms with E-state index in [0.717, 1.165) is 5.56 Å². The van der Waals surface area contributed by atoms with Gasteiger partial charge in [0.25, 0.3) is 0 Å². The number of nitrogens with zero attached hydrogens (tertiary/aromatic N) is 6. The third-order valence-electron chi connectivity index (χ3n) is 5.48. The molecular formula is C23H23N7O4S. The zero-order chi connectivity index (χ0) is 25.2. The van der Waals surface area contributed by atoms with Crippen LogP contribution in [0.1, 0.15) is 37.0 Å². The molecule has 0 saturated heterocycles. The van der Waals surface area contributed by atoms with Crippen molar-refractivity contribution in [2.75, 3.05) is 11.8 Å². The van der Waals surface area contributed by atoms with Crippen LogP contribution < -0.4 is 9.46 Å². The maximum atomic E-state index is 13.4.